The quantitative estimate of drug-likeness (QED) is 0.579. The third-order valence-corrected chi connectivity index (χ3v) is 2.52. The van der Waals surface area contributed by atoms with E-state index in [4.69, 9.17) is 0 Å². The van der Waals surface area contributed by atoms with Crippen LogP contribution in [0.3, 0.4) is 0 Å². The topological polar surface area (TPSA) is 0 Å². The molecule has 0 aliphatic heterocycles. The van der Waals surface area contributed by atoms with E-state index in [0.717, 1.165) is 0 Å². The van der Waals surface area contributed by atoms with Crippen molar-refractivity contribution in [3.63, 3.8) is 0 Å². The van der Waals surface area contributed by atoms with Gasteiger partial charge in [0.2, 0.25) is 0 Å². The third kappa shape index (κ3) is 1.40. The summed E-state index contributed by atoms with van der Waals surface area (Å²) in [5, 5.41) is 0. The molecule has 1 radical (unpaired) electrons. The van der Waals surface area contributed by atoms with Gasteiger partial charge in [0.1, 0.15) is 0 Å². The molecule has 0 heterocycles. The van der Waals surface area contributed by atoms with Crippen molar-refractivity contribution in [3.8, 4) is 11.1 Å². The SMILES string of the molecule is [CH]1c2ccccc2-c2ccccc21.[Zr]. The van der Waals surface area contributed by atoms with Gasteiger partial charge in [0, 0.05) is 32.6 Å². The molecule has 0 saturated carbocycles. The maximum absolute atomic E-state index is 2.24. The van der Waals surface area contributed by atoms with Crippen LogP contribution in [-0.4, -0.2) is 0 Å². The second-order valence-corrected chi connectivity index (χ2v) is 3.32. The number of rotatable bonds is 0. The molecule has 0 nitrogen and oxygen atoms in total. The van der Waals surface area contributed by atoms with Gasteiger partial charge in [-0.1, -0.05) is 48.5 Å². The molecule has 0 atom stereocenters. The zero-order valence-electron chi connectivity index (χ0n) is 7.70. The molecule has 0 spiro atoms. The van der Waals surface area contributed by atoms with E-state index in [9.17, 15) is 0 Å². The molecule has 65 valence electrons. The number of hydrogen-bond donors (Lipinski definition) is 0. The van der Waals surface area contributed by atoms with Crippen molar-refractivity contribution in [3.05, 3.63) is 66.1 Å². The Hall–Kier alpha value is -0.677. The van der Waals surface area contributed by atoms with Crippen molar-refractivity contribution in [2.24, 2.45) is 0 Å². The first kappa shape index (κ1) is 9.86. The minimum absolute atomic E-state index is 0. The van der Waals surface area contributed by atoms with E-state index in [2.05, 4.69) is 55.0 Å². The summed E-state index contributed by atoms with van der Waals surface area (Å²) >= 11 is 0. The maximum atomic E-state index is 2.24. The van der Waals surface area contributed by atoms with E-state index in [0.29, 0.717) is 0 Å². The van der Waals surface area contributed by atoms with Crippen LogP contribution >= 0.6 is 0 Å². The van der Waals surface area contributed by atoms with Gasteiger partial charge in [0.25, 0.3) is 0 Å². The Morgan fingerprint density at radius 2 is 1.00 bits per heavy atom. The van der Waals surface area contributed by atoms with Gasteiger partial charge >= 0.3 is 0 Å². The van der Waals surface area contributed by atoms with E-state index in [1.165, 1.54) is 22.3 Å². The van der Waals surface area contributed by atoms with Crippen LogP contribution in [0, 0.1) is 6.42 Å². The summed E-state index contributed by atoms with van der Waals surface area (Å²) in [6.45, 7) is 0. The van der Waals surface area contributed by atoms with Crippen LogP contribution in [0.25, 0.3) is 11.1 Å². The Bertz CT molecular complexity index is 417. The van der Waals surface area contributed by atoms with Crippen molar-refractivity contribution >= 4 is 0 Å². The summed E-state index contributed by atoms with van der Waals surface area (Å²) in [7, 11) is 0. The van der Waals surface area contributed by atoms with Gasteiger partial charge < -0.3 is 0 Å². The number of hydrogen-bond acceptors (Lipinski definition) is 0. The van der Waals surface area contributed by atoms with Crippen LogP contribution in [-0.2, 0) is 26.2 Å². The van der Waals surface area contributed by atoms with Crippen LogP contribution < -0.4 is 0 Å². The third-order valence-electron chi connectivity index (χ3n) is 2.52. The maximum Gasteiger partial charge on any atom is 0.0211 e. The second kappa shape index (κ2) is 3.83. The molecule has 1 aliphatic rings. The molecule has 0 fully saturated rings. The van der Waals surface area contributed by atoms with Crippen molar-refractivity contribution in [1.29, 1.82) is 0 Å². The van der Waals surface area contributed by atoms with Gasteiger partial charge in [-0.2, -0.15) is 0 Å². The number of benzene rings is 2. The molecule has 0 saturated heterocycles. The first-order valence-electron chi connectivity index (χ1n) is 4.48. The minimum Gasteiger partial charge on any atom is -0.0619 e. The fraction of sp³-hybridized carbons (Fsp3) is 0. The Labute approximate surface area is 103 Å². The summed E-state index contributed by atoms with van der Waals surface area (Å²) in [5.74, 6) is 0. The van der Waals surface area contributed by atoms with Crippen LogP contribution in [0.5, 0.6) is 0 Å². The summed E-state index contributed by atoms with van der Waals surface area (Å²) in [5.41, 5.74) is 5.39. The van der Waals surface area contributed by atoms with Crippen molar-refractivity contribution in [2.45, 2.75) is 0 Å². The van der Waals surface area contributed by atoms with E-state index in [1.807, 2.05) is 0 Å². The largest absolute Gasteiger partial charge is 0.0619 e. The van der Waals surface area contributed by atoms with Crippen LogP contribution in [0.1, 0.15) is 11.1 Å². The van der Waals surface area contributed by atoms with Gasteiger partial charge in [-0.25, -0.2) is 0 Å². The van der Waals surface area contributed by atoms with Crippen LogP contribution in [0.4, 0.5) is 0 Å². The first-order valence-corrected chi connectivity index (χ1v) is 4.48. The molecular weight excluding hydrogens is 247 g/mol. The zero-order chi connectivity index (χ0) is 8.67. The molecule has 1 aliphatic carbocycles. The molecule has 2 aromatic carbocycles. The summed E-state index contributed by atoms with van der Waals surface area (Å²) < 4.78 is 0. The first-order chi connectivity index (χ1) is 6.45. The molecule has 0 unspecified atom stereocenters. The molecule has 0 amide bonds. The van der Waals surface area contributed by atoms with Gasteiger partial charge in [0.05, 0.1) is 0 Å². The van der Waals surface area contributed by atoms with Crippen molar-refractivity contribution in [1.82, 2.24) is 0 Å². The van der Waals surface area contributed by atoms with Gasteiger partial charge in [-0.15, -0.1) is 0 Å². The van der Waals surface area contributed by atoms with Crippen LogP contribution in [0.2, 0.25) is 0 Å². The predicted octanol–water partition coefficient (Wildman–Crippen LogP) is 3.27. The van der Waals surface area contributed by atoms with Gasteiger partial charge in [0.15, 0.2) is 0 Å². The predicted molar refractivity (Wildman–Crippen MR) is 54.4 cm³/mol. The Kier molecular flexibility index (Phi) is 2.69. The molecule has 2 aromatic rings. The van der Waals surface area contributed by atoms with Gasteiger partial charge in [-0.3, -0.25) is 0 Å². The average molecular weight is 256 g/mol. The average Bonchev–Trinajstić information content (AvgIpc) is 2.56. The molecule has 3 rings (SSSR count). The Morgan fingerprint density at radius 1 is 0.571 bits per heavy atom. The molecule has 0 aromatic heterocycles. The second-order valence-electron chi connectivity index (χ2n) is 3.32. The standard InChI is InChI=1S/C13H9.Zr/c1-3-7-12-10(5-1)9-11-6-2-4-8-13(11)12;/h1-9H;. The Morgan fingerprint density at radius 3 is 1.50 bits per heavy atom. The number of fused-ring (bicyclic) bond motifs is 3. The monoisotopic (exact) mass is 255 g/mol. The van der Waals surface area contributed by atoms with Gasteiger partial charge in [-0.05, 0) is 22.3 Å². The summed E-state index contributed by atoms with van der Waals surface area (Å²) in [4.78, 5) is 0. The smallest absolute Gasteiger partial charge is 0.0211 e. The molecule has 1 heteroatoms. The molecular formula is C13H9Zr. The summed E-state index contributed by atoms with van der Waals surface area (Å²) in [6, 6.07) is 17.0. The summed E-state index contributed by atoms with van der Waals surface area (Å²) in [6.07, 6.45) is 2.24. The zero-order valence-corrected chi connectivity index (χ0v) is 10.2. The molecule has 0 bridgehead atoms. The molecule has 0 N–H and O–H groups in total. The van der Waals surface area contributed by atoms with E-state index >= 15 is 0 Å². The van der Waals surface area contributed by atoms with Crippen LogP contribution in [0.15, 0.2) is 48.5 Å². The fourth-order valence-corrected chi connectivity index (χ4v) is 1.90. The Balaban J connectivity index is 0.000000750. The van der Waals surface area contributed by atoms with E-state index in [1.54, 1.807) is 0 Å². The van der Waals surface area contributed by atoms with Crippen molar-refractivity contribution in [2.75, 3.05) is 0 Å². The normalized spacial score (nSPS) is 11.4. The molecule has 14 heavy (non-hydrogen) atoms. The minimum atomic E-state index is 0. The van der Waals surface area contributed by atoms with E-state index < -0.39 is 0 Å². The van der Waals surface area contributed by atoms with Crippen molar-refractivity contribution < 1.29 is 26.2 Å². The fourth-order valence-electron chi connectivity index (χ4n) is 1.90. The van der Waals surface area contributed by atoms with E-state index in [-0.39, 0.29) is 26.2 Å².